The molecule has 10 heteroatoms. The molecular weight excluding hydrogens is 351 g/mol. The standard InChI is InChI=1S/C15H23N2O7P/c1-9-6-17(15(21)16-12(9)18)7-10-4-2-3-5-11(10)8-24-14(13(19)20)25(22)23/h6,10-11,14,22-23H,2-5,7-8H2,1H3,(H,19,20)(H,16,18,21). The van der Waals surface area contributed by atoms with E-state index in [1.165, 1.54) is 10.8 Å². The fourth-order valence-electron chi connectivity index (χ4n) is 3.20. The highest BCUT2D eigenvalue weighted by molar-refractivity contribution is 7.46. The molecule has 140 valence electrons. The lowest BCUT2D eigenvalue weighted by Gasteiger charge is -2.32. The molecular formula is C15H23N2O7P. The van der Waals surface area contributed by atoms with Crippen molar-refractivity contribution in [2.24, 2.45) is 11.8 Å². The molecule has 1 aliphatic carbocycles. The Morgan fingerprint density at radius 2 is 2.00 bits per heavy atom. The predicted octanol–water partition coefficient (Wildman–Crippen LogP) is 0.375. The van der Waals surface area contributed by atoms with Gasteiger partial charge in [0.15, 0.2) is 0 Å². The number of carbonyl (C=O) groups is 1. The molecule has 4 N–H and O–H groups in total. The van der Waals surface area contributed by atoms with Crippen LogP contribution in [0.2, 0.25) is 0 Å². The van der Waals surface area contributed by atoms with E-state index in [0.29, 0.717) is 12.1 Å². The number of aromatic amines is 1. The molecule has 1 aromatic heterocycles. The van der Waals surface area contributed by atoms with Gasteiger partial charge in [-0.3, -0.25) is 9.78 Å². The molecule has 25 heavy (non-hydrogen) atoms. The van der Waals surface area contributed by atoms with Crippen molar-refractivity contribution in [2.75, 3.05) is 6.61 Å². The second-order valence-electron chi connectivity index (χ2n) is 6.37. The van der Waals surface area contributed by atoms with Crippen molar-refractivity contribution in [2.45, 2.75) is 45.0 Å². The number of aryl methyl sites for hydroxylation is 1. The number of nitrogens with zero attached hydrogens (tertiary/aromatic N) is 1. The number of hydrogen-bond acceptors (Lipinski definition) is 6. The second kappa shape index (κ2) is 8.71. The average Bonchev–Trinajstić information content (AvgIpc) is 2.53. The SMILES string of the molecule is Cc1cn(CC2CCCCC2COC(C(=O)O)P(O)O)c(=O)[nH]c1=O. The quantitative estimate of drug-likeness (QED) is 0.505. The minimum atomic E-state index is -2.72. The van der Waals surface area contributed by atoms with E-state index in [4.69, 9.17) is 19.6 Å². The highest BCUT2D eigenvalue weighted by Gasteiger charge is 2.31. The Balaban J connectivity index is 2.08. The fraction of sp³-hybridized carbons (Fsp3) is 0.667. The summed E-state index contributed by atoms with van der Waals surface area (Å²) in [6.45, 7) is 2.10. The molecule has 0 spiro atoms. The van der Waals surface area contributed by atoms with Gasteiger partial charge in [-0.05, 0) is 31.6 Å². The second-order valence-corrected chi connectivity index (χ2v) is 7.48. The lowest BCUT2D eigenvalue weighted by molar-refractivity contribution is -0.146. The van der Waals surface area contributed by atoms with E-state index >= 15 is 0 Å². The van der Waals surface area contributed by atoms with Gasteiger partial charge in [0.2, 0.25) is 14.2 Å². The van der Waals surface area contributed by atoms with E-state index in [2.05, 4.69) is 4.98 Å². The first-order valence-electron chi connectivity index (χ1n) is 8.11. The van der Waals surface area contributed by atoms with E-state index in [1.54, 1.807) is 6.92 Å². The van der Waals surface area contributed by atoms with Crippen LogP contribution in [-0.2, 0) is 16.1 Å². The molecule has 1 aliphatic rings. The highest BCUT2D eigenvalue weighted by Crippen LogP contribution is 2.35. The lowest BCUT2D eigenvalue weighted by atomic mass is 9.79. The number of rotatable bonds is 7. The summed E-state index contributed by atoms with van der Waals surface area (Å²) in [4.78, 5) is 55.0. The van der Waals surface area contributed by atoms with E-state index < -0.39 is 31.4 Å². The first kappa shape index (κ1) is 19.8. The zero-order valence-electron chi connectivity index (χ0n) is 13.9. The zero-order valence-corrected chi connectivity index (χ0v) is 14.8. The fourth-order valence-corrected chi connectivity index (χ4v) is 3.62. The van der Waals surface area contributed by atoms with Crippen molar-refractivity contribution in [3.63, 3.8) is 0 Å². The van der Waals surface area contributed by atoms with Gasteiger partial charge >= 0.3 is 11.7 Å². The van der Waals surface area contributed by atoms with Crippen LogP contribution in [0.3, 0.4) is 0 Å². The van der Waals surface area contributed by atoms with Crippen molar-refractivity contribution >= 4 is 14.3 Å². The molecule has 0 bridgehead atoms. The number of H-pyrrole nitrogens is 1. The van der Waals surface area contributed by atoms with Crippen LogP contribution in [0.15, 0.2) is 15.8 Å². The lowest BCUT2D eigenvalue weighted by Crippen LogP contribution is -2.36. The Labute approximate surface area is 145 Å². The van der Waals surface area contributed by atoms with Crippen LogP contribution < -0.4 is 11.2 Å². The van der Waals surface area contributed by atoms with Gasteiger partial charge in [-0.15, -0.1) is 0 Å². The van der Waals surface area contributed by atoms with E-state index in [1.807, 2.05) is 0 Å². The molecule has 1 fully saturated rings. The average molecular weight is 374 g/mol. The highest BCUT2D eigenvalue weighted by atomic mass is 31.2. The van der Waals surface area contributed by atoms with Gasteiger partial charge in [0.25, 0.3) is 5.56 Å². The molecule has 1 saturated carbocycles. The zero-order chi connectivity index (χ0) is 18.6. The van der Waals surface area contributed by atoms with Gasteiger partial charge in [-0.25, -0.2) is 9.59 Å². The van der Waals surface area contributed by atoms with Gasteiger partial charge in [0, 0.05) is 18.3 Å². The Hall–Kier alpha value is -1.54. The topological polar surface area (TPSA) is 142 Å². The van der Waals surface area contributed by atoms with E-state index in [0.717, 1.165) is 25.7 Å². The van der Waals surface area contributed by atoms with Crippen LogP contribution >= 0.6 is 8.38 Å². The summed E-state index contributed by atoms with van der Waals surface area (Å²) in [5.41, 5.74) is -0.438. The summed E-state index contributed by atoms with van der Waals surface area (Å²) in [5.74, 6) is -2.95. The molecule has 9 nitrogen and oxygen atoms in total. The normalized spacial score (nSPS) is 22.1. The van der Waals surface area contributed by atoms with Crippen molar-refractivity contribution in [3.05, 3.63) is 32.6 Å². The molecule has 2 rings (SSSR count). The van der Waals surface area contributed by atoms with Crippen molar-refractivity contribution in [3.8, 4) is 0 Å². The minimum absolute atomic E-state index is 0.00434. The van der Waals surface area contributed by atoms with Crippen LogP contribution in [-0.4, -0.2) is 42.9 Å². The molecule has 0 saturated heterocycles. The molecule has 0 radical (unpaired) electrons. The van der Waals surface area contributed by atoms with Gasteiger partial charge < -0.3 is 24.2 Å². The number of ether oxygens (including phenoxy) is 1. The first-order valence-corrected chi connectivity index (χ1v) is 9.43. The molecule has 0 aromatic carbocycles. The predicted molar refractivity (Wildman–Crippen MR) is 90.2 cm³/mol. The number of hydrogen-bond donors (Lipinski definition) is 4. The number of nitrogens with one attached hydrogen (secondary N) is 1. The summed E-state index contributed by atoms with van der Waals surface area (Å²) in [6, 6.07) is 0. The maximum Gasteiger partial charge on any atom is 0.342 e. The van der Waals surface area contributed by atoms with Crippen molar-refractivity contribution in [1.82, 2.24) is 9.55 Å². The van der Waals surface area contributed by atoms with Crippen molar-refractivity contribution in [1.29, 1.82) is 0 Å². The van der Waals surface area contributed by atoms with Crippen LogP contribution in [0.25, 0.3) is 0 Å². The third-order valence-electron chi connectivity index (χ3n) is 4.58. The molecule has 0 amide bonds. The van der Waals surface area contributed by atoms with E-state index in [9.17, 15) is 14.4 Å². The largest absolute Gasteiger partial charge is 0.479 e. The van der Waals surface area contributed by atoms with Crippen LogP contribution in [0.5, 0.6) is 0 Å². The minimum Gasteiger partial charge on any atom is -0.479 e. The Morgan fingerprint density at radius 3 is 2.60 bits per heavy atom. The Bertz CT molecular complexity index is 715. The number of aliphatic carboxylic acids is 1. The monoisotopic (exact) mass is 374 g/mol. The summed E-state index contributed by atoms with van der Waals surface area (Å²) in [6.07, 6.45) is 5.14. The summed E-state index contributed by atoms with van der Waals surface area (Å²) >= 11 is 0. The Kier molecular flexibility index (Phi) is 6.89. The van der Waals surface area contributed by atoms with Crippen LogP contribution in [0.1, 0.15) is 31.2 Å². The number of carboxylic acid groups (broad SMARTS) is 1. The van der Waals surface area contributed by atoms with Gasteiger partial charge in [0.05, 0.1) is 6.61 Å². The number of aromatic nitrogens is 2. The summed E-state index contributed by atoms with van der Waals surface area (Å²) in [5, 5.41) is 8.96. The van der Waals surface area contributed by atoms with Gasteiger partial charge in [-0.1, -0.05) is 12.8 Å². The number of carboxylic acids is 1. The smallest absolute Gasteiger partial charge is 0.342 e. The molecule has 3 atom stereocenters. The van der Waals surface area contributed by atoms with Gasteiger partial charge in [0.1, 0.15) is 0 Å². The van der Waals surface area contributed by atoms with Crippen molar-refractivity contribution < 1.29 is 24.4 Å². The molecule has 1 heterocycles. The van der Waals surface area contributed by atoms with Gasteiger partial charge in [-0.2, -0.15) is 0 Å². The Morgan fingerprint density at radius 1 is 1.36 bits per heavy atom. The first-order chi connectivity index (χ1) is 11.8. The summed E-state index contributed by atoms with van der Waals surface area (Å²) < 4.78 is 6.69. The molecule has 3 unspecified atom stereocenters. The maximum atomic E-state index is 12.0. The van der Waals surface area contributed by atoms with Crippen LogP contribution in [0.4, 0.5) is 0 Å². The summed E-state index contributed by atoms with van der Waals surface area (Å²) in [7, 11) is -2.72. The maximum absolute atomic E-state index is 12.0. The molecule has 1 aromatic rings. The third kappa shape index (κ3) is 5.22. The molecule has 0 aliphatic heterocycles. The van der Waals surface area contributed by atoms with Crippen LogP contribution in [0, 0.1) is 18.8 Å². The third-order valence-corrected chi connectivity index (χ3v) is 5.37. The van der Waals surface area contributed by atoms with E-state index in [-0.39, 0.29) is 18.4 Å².